The molecular weight excluding hydrogens is 538 g/mol. The molecule has 2 N–H and O–H groups in total. The molecule has 4 rings (SSSR count). The first kappa shape index (κ1) is 26.6. The highest BCUT2D eigenvalue weighted by atomic mass is 32.2. The monoisotopic (exact) mass is 555 g/mol. The zero-order valence-electron chi connectivity index (χ0n) is 19.3. The van der Waals surface area contributed by atoms with Crippen LogP contribution in [0.1, 0.15) is 5.56 Å². The predicted octanol–water partition coefficient (Wildman–Crippen LogP) is 6.38. The molecule has 194 valence electrons. The quantitative estimate of drug-likeness (QED) is 0.113. The second kappa shape index (κ2) is 10.1. The van der Waals surface area contributed by atoms with Gasteiger partial charge in [0.25, 0.3) is 25.9 Å². The molecule has 0 bridgehead atoms. The Morgan fingerprint density at radius 1 is 0.684 bits per heavy atom. The lowest BCUT2D eigenvalue weighted by Crippen LogP contribution is -2.01. The lowest BCUT2D eigenvalue weighted by atomic mass is 10.1. The average molecular weight is 556 g/mol. The predicted molar refractivity (Wildman–Crippen MR) is 136 cm³/mol. The van der Waals surface area contributed by atoms with Crippen molar-refractivity contribution in [1.82, 2.24) is 0 Å². The Balaban J connectivity index is 1.91. The number of hydrogen-bond donors (Lipinski definition) is 2. The smallest absolute Gasteiger partial charge is 0.282 e. The number of benzene rings is 4. The molecule has 0 aliphatic rings. The normalized spacial score (nSPS) is 12.5. The largest absolute Gasteiger partial charge is 0.296 e. The summed E-state index contributed by atoms with van der Waals surface area (Å²) in [7, 11) is -9.69. The summed E-state index contributed by atoms with van der Waals surface area (Å²) in [6.07, 6.45) is 0. The van der Waals surface area contributed by atoms with Crippen LogP contribution in [0, 0.1) is 17.0 Å². The van der Waals surface area contributed by atoms with Gasteiger partial charge in [0, 0.05) is 12.1 Å². The van der Waals surface area contributed by atoms with Crippen molar-refractivity contribution in [3.63, 3.8) is 0 Å². The van der Waals surface area contributed by atoms with Gasteiger partial charge in [0.2, 0.25) is 0 Å². The van der Waals surface area contributed by atoms with E-state index in [2.05, 4.69) is 20.5 Å². The van der Waals surface area contributed by atoms with Gasteiger partial charge >= 0.3 is 0 Å². The summed E-state index contributed by atoms with van der Waals surface area (Å²) in [6.45, 7) is 1.61. The molecule has 13 nitrogen and oxygen atoms in total. The van der Waals surface area contributed by atoms with E-state index in [1.54, 1.807) is 37.3 Å². The molecule has 0 atom stereocenters. The fraction of sp³-hybridized carbons (Fsp3) is 0.0435. The maximum absolute atomic E-state index is 12.1. The lowest BCUT2D eigenvalue weighted by Gasteiger charge is -2.09. The van der Waals surface area contributed by atoms with Gasteiger partial charge in [0.1, 0.15) is 21.2 Å². The molecule has 0 saturated heterocycles. The first-order valence-corrected chi connectivity index (χ1v) is 13.4. The zero-order valence-corrected chi connectivity index (χ0v) is 21.0. The van der Waals surface area contributed by atoms with Gasteiger partial charge in [-0.05, 0) is 59.7 Å². The highest BCUT2D eigenvalue weighted by molar-refractivity contribution is 7.86. The molecule has 0 spiro atoms. The van der Waals surface area contributed by atoms with Crippen molar-refractivity contribution >= 4 is 59.4 Å². The summed E-state index contributed by atoms with van der Waals surface area (Å²) in [4.78, 5) is 9.10. The molecule has 0 fully saturated rings. The number of azo groups is 2. The highest BCUT2D eigenvalue weighted by Gasteiger charge is 2.22. The molecule has 4 aromatic carbocycles. The van der Waals surface area contributed by atoms with Gasteiger partial charge in [-0.2, -0.15) is 21.9 Å². The van der Waals surface area contributed by atoms with E-state index in [1.165, 1.54) is 24.3 Å². The number of rotatable bonds is 7. The van der Waals surface area contributed by atoms with E-state index in [-0.39, 0.29) is 33.5 Å². The minimum absolute atomic E-state index is 0.00870. The van der Waals surface area contributed by atoms with Gasteiger partial charge in [-0.15, -0.1) is 15.3 Å². The molecule has 38 heavy (non-hydrogen) atoms. The summed E-state index contributed by atoms with van der Waals surface area (Å²) in [6, 6.07) is 16.6. The van der Waals surface area contributed by atoms with Crippen molar-refractivity contribution in [3.8, 4) is 0 Å². The third-order valence-corrected chi connectivity index (χ3v) is 7.02. The van der Waals surface area contributed by atoms with Gasteiger partial charge < -0.3 is 0 Å². The van der Waals surface area contributed by atoms with E-state index in [0.717, 1.165) is 18.2 Å². The van der Waals surface area contributed by atoms with Crippen LogP contribution in [0.4, 0.5) is 28.4 Å². The Morgan fingerprint density at radius 3 is 1.71 bits per heavy atom. The Bertz CT molecular complexity index is 1860. The van der Waals surface area contributed by atoms with Gasteiger partial charge in [-0.1, -0.05) is 24.3 Å². The third kappa shape index (κ3) is 5.92. The number of aryl methyl sites for hydroxylation is 1. The number of nitrogens with zero attached hydrogens (tertiary/aromatic N) is 5. The van der Waals surface area contributed by atoms with E-state index in [0.29, 0.717) is 11.3 Å². The molecule has 0 unspecified atom stereocenters. The molecule has 0 saturated carbocycles. The van der Waals surface area contributed by atoms with Crippen LogP contribution in [-0.4, -0.2) is 30.9 Å². The van der Waals surface area contributed by atoms with Crippen LogP contribution in [0.2, 0.25) is 0 Å². The number of non-ortho nitro benzene ring substituents is 1. The standard InChI is InChI=1S/C23H17N5O8S2/c1-14-7-8-18(28(29)30)13-19(14)25-27-21-10-15-9-20(26-24-17-5-3-2-4-6-17)22(37(31,32)33)11-16(15)12-23(21)38(34,35)36/h2-13H,1H3,(H,31,32,33)(H,34,35,36). The SMILES string of the molecule is Cc1ccc([N+](=O)[O-])cc1N=Nc1cc2cc(N=Nc3ccccc3)c(S(=O)(=O)O)cc2cc1S(=O)(=O)O. The molecule has 0 aliphatic heterocycles. The summed E-state index contributed by atoms with van der Waals surface area (Å²) in [5, 5.41) is 27.0. The van der Waals surface area contributed by atoms with Crippen molar-refractivity contribution in [1.29, 1.82) is 0 Å². The van der Waals surface area contributed by atoms with E-state index < -0.39 is 35.0 Å². The highest BCUT2D eigenvalue weighted by Crippen LogP contribution is 2.37. The van der Waals surface area contributed by atoms with E-state index in [9.17, 15) is 36.1 Å². The Morgan fingerprint density at radius 2 is 1.18 bits per heavy atom. The Kier molecular flexibility index (Phi) is 7.10. The molecule has 0 aromatic heterocycles. The number of nitro benzene ring substituents is 1. The van der Waals surface area contributed by atoms with Crippen molar-refractivity contribution in [2.24, 2.45) is 20.5 Å². The fourth-order valence-corrected chi connectivity index (χ4v) is 4.67. The minimum atomic E-state index is -4.88. The molecule has 4 aromatic rings. The average Bonchev–Trinajstić information content (AvgIpc) is 2.85. The molecule has 0 heterocycles. The number of fused-ring (bicyclic) bond motifs is 1. The van der Waals surface area contributed by atoms with Crippen molar-refractivity contribution < 1.29 is 30.9 Å². The molecule has 0 amide bonds. The molecule has 0 radical (unpaired) electrons. The zero-order chi connectivity index (χ0) is 27.7. The fourth-order valence-electron chi connectivity index (χ4n) is 3.39. The number of nitro groups is 1. The van der Waals surface area contributed by atoms with Crippen LogP contribution >= 0.6 is 0 Å². The number of hydrogen-bond acceptors (Lipinski definition) is 10. The van der Waals surface area contributed by atoms with Gasteiger partial charge in [0.05, 0.1) is 16.3 Å². The summed E-state index contributed by atoms with van der Waals surface area (Å²) in [5.74, 6) is 0. The van der Waals surface area contributed by atoms with Crippen molar-refractivity contribution in [3.05, 3.63) is 88.5 Å². The molecular formula is C23H17N5O8S2. The molecule has 0 aliphatic carbocycles. The summed E-state index contributed by atoms with van der Waals surface area (Å²) >= 11 is 0. The van der Waals surface area contributed by atoms with Crippen LogP contribution in [0.15, 0.2) is 103 Å². The second-order valence-electron chi connectivity index (χ2n) is 7.90. The molecule has 15 heteroatoms. The first-order chi connectivity index (χ1) is 17.8. The van der Waals surface area contributed by atoms with E-state index in [4.69, 9.17) is 0 Å². The van der Waals surface area contributed by atoms with Gasteiger partial charge in [-0.3, -0.25) is 19.2 Å². The maximum Gasteiger partial charge on any atom is 0.296 e. The maximum atomic E-state index is 12.1. The topological polar surface area (TPSA) is 201 Å². The van der Waals surface area contributed by atoms with Gasteiger partial charge in [0.15, 0.2) is 0 Å². The second-order valence-corrected chi connectivity index (χ2v) is 10.7. The Hall–Kier alpha value is -4.44. The van der Waals surface area contributed by atoms with Crippen LogP contribution in [0.5, 0.6) is 0 Å². The van der Waals surface area contributed by atoms with Gasteiger partial charge in [-0.25, -0.2) is 0 Å². The van der Waals surface area contributed by atoms with E-state index in [1.807, 2.05) is 0 Å². The summed E-state index contributed by atoms with van der Waals surface area (Å²) < 4.78 is 67.7. The Labute approximate surface area is 215 Å². The third-order valence-electron chi connectivity index (χ3n) is 5.25. The van der Waals surface area contributed by atoms with Crippen LogP contribution in [0.3, 0.4) is 0 Å². The minimum Gasteiger partial charge on any atom is -0.282 e. The van der Waals surface area contributed by atoms with Crippen molar-refractivity contribution in [2.75, 3.05) is 0 Å². The van der Waals surface area contributed by atoms with Crippen LogP contribution < -0.4 is 0 Å². The lowest BCUT2D eigenvalue weighted by molar-refractivity contribution is -0.384. The van der Waals surface area contributed by atoms with Crippen LogP contribution in [0.25, 0.3) is 10.8 Å². The van der Waals surface area contributed by atoms with Crippen LogP contribution in [-0.2, 0) is 20.2 Å². The van der Waals surface area contributed by atoms with Crippen molar-refractivity contribution in [2.45, 2.75) is 16.7 Å². The summed E-state index contributed by atoms with van der Waals surface area (Å²) in [5.41, 5.74) is 0.147. The first-order valence-electron chi connectivity index (χ1n) is 10.5. The van der Waals surface area contributed by atoms with E-state index >= 15 is 0 Å².